The van der Waals surface area contributed by atoms with Crippen LogP contribution in [0.3, 0.4) is 0 Å². The number of anilines is 1. The lowest BCUT2D eigenvalue weighted by atomic mass is 10.2. The molecule has 1 heterocycles. The summed E-state index contributed by atoms with van der Waals surface area (Å²) < 4.78 is 25.0. The Morgan fingerprint density at radius 3 is 2.59 bits per heavy atom. The van der Waals surface area contributed by atoms with E-state index in [0.717, 1.165) is 4.73 Å². The Labute approximate surface area is 166 Å². The number of carbonyl (C=O) groups is 1. The Hall–Kier alpha value is -3.81. The Morgan fingerprint density at radius 1 is 1.07 bits per heavy atom. The molecule has 7 nitrogen and oxygen atoms in total. The van der Waals surface area contributed by atoms with Crippen molar-refractivity contribution in [2.75, 3.05) is 19.5 Å². The van der Waals surface area contributed by atoms with Crippen molar-refractivity contribution in [1.29, 1.82) is 0 Å². The summed E-state index contributed by atoms with van der Waals surface area (Å²) in [5.74, 6) is -0.170. The number of ether oxygens (including phenoxy) is 2. The first-order valence-electron chi connectivity index (χ1n) is 8.65. The number of nitrogens with zero attached hydrogens (tertiary/aromatic N) is 1. The van der Waals surface area contributed by atoms with Crippen LogP contribution >= 0.6 is 0 Å². The summed E-state index contributed by atoms with van der Waals surface area (Å²) in [5, 5.41) is 2.63. The molecule has 1 N–H and O–H groups in total. The summed E-state index contributed by atoms with van der Waals surface area (Å²) >= 11 is 0. The zero-order valence-electron chi connectivity index (χ0n) is 15.8. The average molecular weight is 398 g/mol. The van der Waals surface area contributed by atoms with Gasteiger partial charge in [-0.05, 0) is 30.3 Å². The van der Waals surface area contributed by atoms with Gasteiger partial charge in [0, 0.05) is 17.8 Å². The average Bonchev–Trinajstić information content (AvgIpc) is 2.73. The van der Waals surface area contributed by atoms with Gasteiger partial charge in [-0.3, -0.25) is 9.59 Å². The topological polar surface area (TPSA) is 78.8 Å². The van der Waals surface area contributed by atoms with E-state index in [-0.39, 0.29) is 17.7 Å². The van der Waals surface area contributed by atoms with Crippen LogP contribution in [0, 0.1) is 5.82 Å². The Kier molecular flexibility index (Phi) is 6.13. The lowest BCUT2D eigenvalue weighted by molar-refractivity contribution is 0.0847. The van der Waals surface area contributed by atoms with Gasteiger partial charge in [0.05, 0.1) is 19.9 Å². The van der Waals surface area contributed by atoms with E-state index in [1.807, 2.05) is 0 Å². The number of nitrogens with one attached hydrogen (secondary N) is 1. The summed E-state index contributed by atoms with van der Waals surface area (Å²) in [4.78, 5) is 30.6. The maximum atomic E-state index is 13.7. The number of amides is 1. The quantitative estimate of drug-likeness (QED) is 0.662. The number of rotatable bonds is 7. The van der Waals surface area contributed by atoms with Crippen LogP contribution < -0.4 is 25.2 Å². The van der Waals surface area contributed by atoms with E-state index < -0.39 is 17.3 Å². The molecule has 0 radical (unpaired) electrons. The number of benzene rings is 2. The Balaban J connectivity index is 1.81. The fraction of sp³-hybridized carbons (Fsp3) is 0.143. The van der Waals surface area contributed by atoms with Crippen molar-refractivity contribution in [3.8, 4) is 11.5 Å². The molecule has 0 bridgehead atoms. The molecule has 150 valence electrons. The highest BCUT2D eigenvalue weighted by Crippen LogP contribution is 2.29. The zero-order valence-corrected chi connectivity index (χ0v) is 15.8. The highest BCUT2D eigenvalue weighted by molar-refractivity contribution is 6.04. The fourth-order valence-corrected chi connectivity index (χ4v) is 2.61. The van der Waals surface area contributed by atoms with Crippen molar-refractivity contribution in [2.45, 2.75) is 6.61 Å². The van der Waals surface area contributed by atoms with Gasteiger partial charge >= 0.3 is 0 Å². The summed E-state index contributed by atoms with van der Waals surface area (Å²) in [6.07, 6.45) is 1.35. The zero-order chi connectivity index (χ0) is 20.8. The number of aromatic nitrogens is 1. The van der Waals surface area contributed by atoms with E-state index in [1.54, 1.807) is 36.4 Å². The van der Waals surface area contributed by atoms with E-state index in [4.69, 9.17) is 14.3 Å². The SMILES string of the molecule is COc1ccc(OC)c(NC(=O)c2cccn(OCc3ccccc3F)c2=O)c1. The Bertz CT molecular complexity index is 1080. The van der Waals surface area contributed by atoms with E-state index in [0.29, 0.717) is 17.2 Å². The van der Waals surface area contributed by atoms with Gasteiger partial charge < -0.3 is 19.6 Å². The first kappa shape index (κ1) is 19.9. The highest BCUT2D eigenvalue weighted by Gasteiger charge is 2.16. The normalized spacial score (nSPS) is 10.3. The van der Waals surface area contributed by atoms with Gasteiger partial charge in [-0.1, -0.05) is 18.2 Å². The van der Waals surface area contributed by atoms with Gasteiger partial charge in [0.1, 0.15) is 29.5 Å². The molecule has 0 unspecified atom stereocenters. The van der Waals surface area contributed by atoms with Crippen LogP contribution in [0.5, 0.6) is 11.5 Å². The van der Waals surface area contributed by atoms with E-state index in [2.05, 4.69) is 5.32 Å². The van der Waals surface area contributed by atoms with Crippen LogP contribution in [0.25, 0.3) is 0 Å². The molecule has 0 aliphatic rings. The molecule has 0 atom stereocenters. The summed E-state index contributed by atoms with van der Waals surface area (Å²) in [5.41, 5.74) is -0.191. The molecule has 0 spiro atoms. The Morgan fingerprint density at radius 2 is 1.86 bits per heavy atom. The van der Waals surface area contributed by atoms with Crippen LogP contribution in [-0.2, 0) is 6.61 Å². The number of methoxy groups -OCH3 is 2. The molecule has 1 aromatic heterocycles. The monoisotopic (exact) mass is 398 g/mol. The van der Waals surface area contributed by atoms with Crippen molar-refractivity contribution in [3.05, 3.63) is 88.1 Å². The molecular weight excluding hydrogens is 379 g/mol. The third kappa shape index (κ3) is 4.55. The second kappa shape index (κ2) is 8.92. The van der Waals surface area contributed by atoms with Crippen molar-refractivity contribution in [1.82, 2.24) is 4.73 Å². The van der Waals surface area contributed by atoms with Crippen LogP contribution in [0.4, 0.5) is 10.1 Å². The lowest BCUT2D eigenvalue weighted by Gasteiger charge is -2.13. The van der Waals surface area contributed by atoms with Gasteiger partial charge in [0.25, 0.3) is 11.5 Å². The minimum Gasteiger partial charge on any atom is -0.497 e. The number of pyridine rings is 1. The minimum absolute atomic E-state index is 0.147. The van der Waals surface area contributed by atoms with E-state index in [1.165, 1.54) is 38.6 Å². The molecule has 0 fully saturated rings. The van der Waals surface area contributed by atoms with Crippen LogP contribution in [0.15, 0.2) is 65.6 Å². The number of carbonyl (C=O) groups excluding carboxylic acids is 1. The van der Waals surface area contributed by atoms with Gasteiger partial charge in [-0.25, -0.2) is 4.39 Å². The molecule has 0 saturated carbocycles. The molecule has 3 rings (SSSR count). The second-order valence-electron chi connectivity index (χ2n) is 5.94. The molecule has 2 aromatic carbocycles. The van der Waals surface area contributed by atoms with Crippen LogP contribution in [0.1, 0.15) is 15.9 Å². The summed E-state index contributed by atoms with van der Waals surface area (Å²) in [6, 6.07) is 13.8. The predicted octanol–water partition coefficient (Wildman–Crippen LogP) is 2.89. The van der Waals surface area contributed by atoms with Crippen molar-refractivity contribution in [3.63, 3.8) is 0 Å². The third-order valence-electron chi connectivity index (χ3n) is 4.13. The maximum absolute atomic E-state index is 13.7. The first-order valence-corrected chi connectivity index (χ1v) is 8.65. The first-order chi connectivity index (χ1) is 14.0. The maximum Gasteiger partial charge on any atom is 0.295 e. The third-order valence-corrected chi connectivity index (χ3v) is 4.13. The predicted molar refractivity (Wildman–Crippen MR) is 105 cm³/mol. The number of halogens is 1. The molecule has 8 heteroatoms. The number of hydrogen-bond acceptors (Lipinski definition) is 5. The largest absolute Gasteiger partial charge is 0.497 e. The standard InChI is InChI=1S/C21H19FN2O5/c1-27-15-9-10-19(28-2)18(12-15)23-20(25)16-7-5-11-24(21(16)26)29-13-14-6-3-4-8-17(14)22/h3-12H,13H2,1-2H3,(H,23,25). The molecule has 0 aliphatic carbocycles. The second-order valence-corrected chi connectivity index (χ2v) is 5.94. The molecule has 0 saturated heterocycles. The molecule has 0 aliphatic heterocycles. The van der Waals surface area contributed by atoms with Crippen LogP contribution in [-0.4, -0.2) is 24.9 Å². The fourth-order valence-electron chi connectivity index (χ4n) is 2.61. The highest BCUT2D eigenvalue weighted by atomic mass is 19.1. The van der Waals surface area contributed by atoms with Gasteiger partial charge in [-0.15, -0.1) is 0 Å². The molecular formula is C21H19FN2O5. The smallest absolute Gasteiger partial charge is 0.295 e. The lowest BCUT2D eigenvalue weighted by Crippen LogP contribution is -2.32. The molecule has 3 aromatic rings. The molecule has 29 heavy (non-hydrogen) atoms. The van der Waals surface area contributed by atoms with Gasteiger partial charge in [0.2, 0.25) is 0 Å². The van der Waals surface area contributed by atoms with E-state index in [9.17, 15) is 14.0 Å². The van der Waals surface area contributed by atoms with Crippen LogP contribution in [0.2, 0.25) is 0 Å². The van der Waals surface area contributed by atoms with Crippen molar-refractivity contribution < 1.29 is 23.5 Å². The molecule has 1 amide bonds. The summed E-state index contributed by atoms with van der Waals surface area (Å²) in [7, 11) is 2.96. The van der Waals surface area contributed by atoms with Crippen molar-refractivity contribution in [2.24, 2.45) is 0 Å². The van der Waals surface area contributed by atoms with Crippen molar-refractivity contribution >= 4 is 11.6 Å². The van der Waals surface area contributed by atoms with Gasteiger partial charge in [0.15, 0.2) is 0 Å². The van der Waals surface area contributed by atoms with Gasteiger partial charge in [-0.2, -0.15) is 4.73 Å². The van der Waals surface area contributed by atoms with E-state index >= 15 is 0 Å². The minimum atomic E-state index is -0.678. The summed E-state index contributed by atoms with van der Waals surface area (Å²) in [6.45, 7) is -0.165. The number of hydrogen-bond donors (Lipinski definition) is 1.